The van der Waals surface area contributed by atoms with Crippen LogP contribution in [0.1, 0.15) is 9.67 Å². The normalized spacial score (nSPS) is 10.8. The van der Waals surface area contributed by atoms with Crippen LogP contribution < -0.4 is 9.47 Å². The number of ether oxygens (including phenoxy) is 3. The van der Waals surface area contributed by atoms with Gasteiger partial charge >= 0.3 is 5.97 Å². The molecule has 0 aliphatic rings. The van der Waals surface area contributed by atoms with Crippen LogP contribution in [-0.4, -0.2) is 26.3 Å². The Morgan fingerprint density at radius 3 is 2.50 bits per heavy atom. The number of esters is 1. The summed E-state index contributed by atoms with van der Waals surface area (Å²) in [5.41, 5.74) is 0. The van der Waals surface area contributed by atoms with Crippen molar-refractivity contribution in [1.82, 2.24) is 0 Å². The van der Waals surface area contributed by atoms with Crippen LogP contribution in [-0.2, 0) is 4.74 Å². The number of carbonyl (C=O) groups excluding carboxylic acids is 1. The molecule has 3 aromatic rings. The molecule has 0 fully saturated rings. The summed E-state index contributed by atoms with van der Waals surface area (Å²) in [5, 5.41) is 1.90. The van der Waals surface area contributed by atoms with Crippen molar-refractivity contribution in [3.8, 4) is 11.5 Å². The van der Waals surface area contributed by atoms with Crippen molar-refractivity contribution in [1.29, 1.82) is 0 Å². The van der Waals surface area contributed by atoms with Gasteiger partial charge in [0.1, 0.15) is 34.6 Å². The first-order valence-corrected chi connectivity index (χ1v) is 9.47. The quantitative estimate of drug-likeness (QED) is 0.349. The van der Waals surface area contributed by atoms with Gasteiger partial charge in [0, 0.05) is 5.39 Å². The number of thiophene rings is 1. The fourth-order valence-corrected chi connectivity index (χ4v) is 4.25. The highest BCUT2D eigenvalue weighted by Crippen LogP contribution is 2.43. The molecule has 0 aliphatic carbocycles. The summed E-state index contributed by atoms with van der Waals surface area (Å²) in [6.45, 7) is 0.234. The summed E-state index contributed by atoms with van der Waals surface area (Å²) < 4.78 is 16.6. The van der Waals surface area contributed by atoms with E-state index in [-0.39, 0.29) is 18.1 Å². The van der Waals surface area contributed by atoms with Crippen molar-refractivity contribution >= 4 is 62.2 Å². The Hall–Kier alpha value is -1.66. The average Bonchev–Trinajstić information content (AvgIpc) is 2.98. The highest BCUT2D eigenvalue weighted by molar-refractivity contribution is 7.22. The zero-order valence-corrected chi connectivity index (χ0v) is 16.6. The number of hydrogen-bond donors (Lipinski definition) is 0. The third-order valence-electron chi connectivity index (χ3n) is 3.52. The lowest BCUT2D eigenvalue weighted by atomic mass is 10.2. The molecule has 0 aliphatic heterocycles. The molecule has 0 radical (unpaired) electrons. The monoisotopic (exact) mass is 430 g/mol. The van der Waals surface area contributed by atoms with E-state index < -0.39 is 5.97 Å². The SMILES string of the molecule is COc1ccc2c(Cl)c(C(=O)OCCOc3ccccc3Cl)sc2c1Cl. The lowest BCUT2D eigenvalue weighted by Crippen LogP contribution is -2.11. The Bertz CT molecular complexity index is 955. The lowest BCUT2D eigenvalue weighted by molar-refractivity contribution is 0.0456. The number of methoxy groups -OCH3 is 1. The minimum absolute atomic E-state index is 0.0612. The Morgan fingerprint density at radius 1 is 1.00 bits per heavy atom. The second kappa shape index (κ2) is 8.35. The Kier molecular flexibility index (Phi) is 6.14. The molecule has 3 rings (SSSR count). The maximum absolute atomic E-state index is 12.3. The molecule has 0 atom stereocenters. The molecular formula is C18H13Cl3O4S. The van der Waals surface area contributed by atoms with Gasteiger partial charge < -0.3 is 14.2 Å². The van der Waals surface area contributed by atoms with Gasteiger partial charge in [0.05, 0.1) is 21.9 Å². The molecule has 0 saturated heterocycles. The van der Waals surface area contributed by atoms with Crippen LogP contribution in [0.15, 0.2) is 36.4 Å². The van der Waals surface area contributed by atoms with Crippen LogP contribution in [0.5, 0.6) is 11.5 Å². The number of fused-ring (bicyclic) bond motifs is 1. The predicted molar refractivity (Wildman–Crippen MR) is 106 cm³/mol. The molecular weight excluding hydrogens is 419 g/mol. The first-order chi connectivity index (χ1) is 12.5. The third-order valence-corrected chi connectivity index (χ3v) is 6.02. The van der Waals surface area contributed by atoms with E-state index in [2.05, 4.69) is 0 Å². The van der Waals surface area contributed by atoms with Gasteiger partial charge in [-0.15, -0.1) is 11.3 Å². The van der Waals surface area contributed by atoms with Crippen molar-refractivity contribution in [3.63, 3.8) is 0 Å². The van der Waals surface area contributed by atoms with Crippen molar-refractivity contribution in [2.24, 2.45) is 0 Å². The van der Waals surface area contributed by atoms with Gasteiger partial charge in [0.25, 0.3) is 0 Å². The van der Waals surface area contributed by atoms with Gasteiger partial charge in [-0.05, 0) is 24.3 Å². The molecule has 1 aromatic heterocycles. The van der Waals surface area contributed by atoms with Gasteiger partial charge in [0.2, 0.25) is 0 Å². The Morgan fingerprint density at radius 2 is 1.77 bits per heavy atom. The number of rotatable bonds is 6. The smallest absolute Gasteiger partial charge is 0.350 e. The number of para-hydroxylation sites is 1. The zero-order chi connectivity index (χ0) is 18.7. The summed E-state index contributed by atoms with van der Waals surface area (Å²) in [6.07, 6.45) is 0. The Labute approximate surface area is 169 Å². The minimum Gasteiger partial charge on any atom is -0.495 e. The summed E-state index contributed by atoms with van der Waals surface area (Å²) in [6, 6.07) is 10.5. The van der Waals surface area contributed by atoms with E-state index in [0.717, 1.165) is 11.3 Å². The largest absolute Gasteiger partial charge is 0.495 e. The predicted octanol–water partition coefficient (Wildman–Crippen LogP) is 6.11. The highest BCUT2D eigenvalue weighted by Gasteiger charge is 2.21. The topological polar surface area (TPSA) is 44.8 Å². The van der Waals surface area contributed by atoms with Crippen LogP contribution in [0.4, 0.5) is 0 Å². The molecule has 0 bridgehead atoms. The Balaban J connectivity index is 1.67. The fourth-order valence-electron chi connectivity index (χ4n) is 2.28. The molecule has 0 N–H and O–H groups in total. The van der Waals surface area contributed by atoms with E-state index in [9.17, 15) is 4.79 Å². The maximum Gasteiger partial charge on any atom is 0.350 e. The van der Waals surface area contributed by atoms with Crippen LogP contribution in [0, 0.1) is 0 Å². The molecule has 2 aromatic carbocycles. The van der Waals surface area contributed by atoms with Crippen LogP contribution in [0.3, 0.4) is 0 Å². The summed E-state index contributed by atoms with van der Waals surface area (Å²) in [5.74, 6) is 0.517. The molecule has 0 saturated carbocycles. The molecule has 0 amide bonds. The van der Waals surface area contributed by atoms with Crippen LogP contribution in [0.25, 0.3) is 10.1 Å². The summed E-state index contributed by atoms with van der Waals surface area (Å²) in [4.78, 5) is 12.6. The zero-order valence-electron chi connectivity index (χ0n) is 13.6. The number of benzene rings is 2. The van der Waals surface area contributed by atoms with Gasteiger partial charge in [-0.3, -0.25) is 0 Å². The van der Waals surface area contributed by atoms with E-state index >= 15 is 0 Å². The van der Waals surface area contributed by atoms with E-state index in [1.54, 1.807) is 30.3 Å². The van der Waals surface area contributed by atoms with Gasteiger partial charge in [0.15, 0.2) is 0 Å². The van der Waals surface area contributed by atoms with Crippen LogP contribution in [0.2, 0.25) is 15.1 Å². The van der Waals surface area contributed by atoms with E-state index in [1.165, 1.54) is 7.11 Å². The molecule has 1 heterocycles. The number of hydrogen-bond acceptors (Lipinski definition) is 5. The van der Waals surface area contributed by atoms with E-state index in [1.807, 2.05) is 6.07 Å². The van der Waals surface area contributed by atoms with Gasteiger partial charge in [-0.1, -0.05) is 46.9 Å². The first kappa shape index (κ1) is 19.1. The second-order valence-corrected chi connectivity index (χ2v) is 7.30. The minimum atomic E-state index is -0.533. The van der Waals surface area contributed by atoms with E-state index in [4.69, 9.17) is 49.0 Å². The van der Waals surface area contributed by atoms with Crippen LogP contribution >= 0.6 is 46.1 Å². The fraction of sp³-hybridized carbons (Fsp3) is 0.167. The summed E-state index contributed by atoms with van der Waals surface area (Å²) in [7, 11) is 1.52. The lowest BCUT2D eigenvalue weighted by Gasteiger charge is -2.08. The molecule has 0 spiro atoms. The molecule has 136 valence electrons. The van der Waals surface area contributed by atoms with Gasteiger partial charge in [-0.2, -0.15) is 0 Å². The molecule has 8 heteroatoms. The van der Waals surface area contributed by atoms with Crippen molar-refractivity contribution < 1.29 is 19.0 Å². The second-order valence-electron chi connectivity index (χ2n) is 5.12. The van der Waals surface area contributed by atoms with Crippen molar-refractivity contribution in [3.05, 3.63) is 56.3 Å². The number of carbonyl (C=O) groups is 1. The summed E-state index contributed by atoms with van der Waals surface area (Å²) >= 11 is 19.8. The number of halogens is 3. The van der Waals surface area contributed by atoms with Crippen molar-refractivity contribution in [2.45, 2.75) is 0 Å². The van der Waals surface area contributed by atoms with Crippen molar-refractivity contribution in [2.75, 3.05) is 20.3 Å². The standard InChI is InChI=1S/C18H13Cl3O4S/c1-23-13-7-6-10-14(20)17(26-16(10)15(13)21)18(22)25-9-8-24-12-5-3-2-4-11(12)19/h2-7H,8-9H2,1H3. The highest BCUT2D eigenvalue weighted by atomic mass is 35.5. The third kappa shape index (κ3) is 3.86. The maximum atomic E-state index is 12.3. The average molecular weight is 432 g/mol. The molecule has 4 nitrogen and oxygen atoms in total. The molecule has 26 heavy (non-hydrogen) atoms. The van der Waals surface area contributed by atoms with Gasteiger partial charge in [-0.25, -0.2) is 4.79 Å². The molecule has 0 unspecified atom stereocenters. The first-order valence-electron chi connectivity index (χ1n) is 7.52. The van der Waals surface area contributed by atoms with E-state index in [0.29, 0.717) is 36.7 Å².